The molecule has 0 saturated heterocycles. The van der Waals surface area contributed by atoms with Gasteiger partial charge in [0.15, 0.2) is 6.10 Å². The number of para-hydroxylation sites is 1. The van der Waals surface area contributed by atoms with E-state index in [1.54, 1.807) is 6.92 Å². The monoisotopic (exact) mass is 381 g/mol. The van der Waals surface area contributed by atoms with E-state index >= 15 is 0 Å². The summed E-state index contributed by atoms with van der Waals surface area (Å²) in [5.41, 5.74) is 2.93. The SMILES string of the molecule is CCC1(CC)C[C@H](NC(=O)[C@H](C)Oc2cc(C)ccc2C)c2ccccc2O1. The lowest BCUT2D eigenvalue weighted by Crippen LogP contribution is -2.47. The van der Waals surface area contributed by atoms with E-state index in [1.807, 2.05) is 56.3 Å². The van der Waals surface area contributed by atoms with Crippen molar-refractivity contribution >= 4 is 5.91 Å². The first-order chi connectivity index (χ1) is 13.4. The average molecular weight is 382 g/mol. The summed E-state index contributed by atoms with van der Waals surface area (Å²) in [7, 11) is 0. The van der Waals surface area contributed by atoms with Crippen LogP contribution in [0.3, 0.4) is 0 Å². The highest BCUT2D eigenvalue weighted by Gasteiger charge is 2.39. The minimum absolute atomic E-state index is 0.0815. The lowest BCUT2D eigenvalue weighted by Gasteiger charge is -2.41. The van der Waals surface area contributed by atoms with Crippen molar-refractivity contribution in [3.05, 3.63) is 59.2 Å². The fourth-order valence-corrected chi connectivity index (χ4v) is 3.80. The van der Waals surface area contributed by atoms with Crippen molar-refractivity contribution in [3.63, 3.8) is 0 Å². The standard InChI is InChI=1S/C24H31NO3/c1-6-24(7-2)15-20(19-10-8-9-11-21(19)28-24)25-23(26)18(5)27-22-14-16(3)12-13-17(22)4/h8-14,18,20H,6-7,15H2,1-5H3,(H,25,26)/t18-,20-/m0/s1. The van der Waals surface area contributed by atoms with Crippen LogP contribution in [0.5, 0.6) is 11.5 Å². The summed E-state index contributed by atoms with van der Waals surface area (Å²) in [6, 6.07) is 13.9. The highest BCUT2D eigenvalue weighted by atomic mass is 16.5. The van der Waals surface area contributed by atoms with Crippen LogP contribution in [0.25, 0.3) is 0 Å². The Bertz CT molecular complexity index is 841. The summed E-state index contributed by atoms with van der Waals surface area (Å²) in [4.78, 5) is 12.9. The molecule has 0 aliphatic carbocycles. The molecule has 1 amide bonds. The van der Waals surface area contributed by atoms with Crippen molar-refractivity contribution in [2.24, 2.45) is 0 Å². The third kappa shape index (κ3) is 4.16. The second kappa shape index (κ2) is 8.26. The van der Waals surface area contributed by atoms with Gasteiger partial charge in [-0.2, -0.15) is 0 Å². The number of fused-ring (bicyclic) bond motifs is 1. The van der Waals surface area contributed by atoms with Gasteiger partial charge in [0.25, 0.3) is 5.91 Å². The van der Waals surface area contributed by atoms with E-state index < -0.39 is 6.10 Å². The van der Waals surface area contributed by atoms with Gasteiger partial charge < -0.3 is 14.8 Å². The largest absolute Gasteiger partial charge is 0.487 e. The molecule has 0 spiro atoms. The van der Waals surface area contributed by atoms with Gasteiger partial charge in [-0.3, -0.25) is 4.79 Å². The quantitative estimate of drug-likeness (QED) is 0.741. The Balaban J connectivity index is 1.77. The van der Waals surface area contributed by atoms with Crippen LogP contribution in [0.4, 0.5) is 0 Å². The Morgan fingerprint density at radius 3 is 2.64 bits per heavy atom. The summed E-state index contributed by atoms with van der Waals surface area (Å²) in [5.74, 6) is 1.51. The topological polar surface area (TPSA) is 47.6 Å². The zero-order valence-electron chi connectivity index (χ0n) is 17.5. The van der Waals surface area contributed by atoms with Gasteiger partial charge in [-0.05, 0) is 56.9 Å². The van der Waals surface area contributed by atoms with Gasteiger partial charge in [0.1, 0.15) is 17.1 Å². The maximum absolute atomic E-state index is 12.9. The first-order valence-electron chi connectivity index (χ1n) is 10.2. The van der Waals surface area contributed by atoms with Crippen LogP contribution in [-0.2, 0) is 4.79 Å². The van der Waals surface area contributed by atoms with Crippen molar-refractivity contribution in [3.8, 4) is 11.5 Å². The molecule has 2 aromatic carbocycles. The molecule has 150 valence electrons. The maximum Gasteiger partial charge on any atom is 0.261 e. The molecule has 1 heterocycles. The lowest BCUT2D eigenvalue weighted by atomic mass is 9.83. The molecule has 3 rings (SSSR count). The number of aryl methyl sites for hydroxylation is 2. The molecular weight excluding hydrogens is 350 g/mol. The molecule has 0 radical (unpaired) electrons. The Morgan fingerprint density at radius 1 is 1.21 bits per heavy atom. The van der Waals surface area contributed by atoms with Crippen LogP contribution in [0.15, 0.2) is 42.5 Å². The van der Waals surface area contributed by atoms with Gasteiger partial charge in [0.05, 0.1) is 6.04 Å². The fraction of sp³-hybridized carbons (Fsp3) is 0.458. The molecule has 2 aromatic rings. The number of hydrogen-bond donors (Lipinski definition) is 1. The third-order valence-electron chi connectivity index (χ3n) is 5.82. The van der Waals surface area contributed by atoms with E-state index in [-0.39, 0.29) is 17.6 Å². The molecule has 1 aliphatic rings. The van der Waals surface area contributed by atoms with Crippen LogP contribution in [-0.4, -0.2) is 17.6 Å². The number of nitrogens with one attached hydrogen (secondary N) is 1. The minimum Gasteiger partial charge on any atom is -0.487 e. The predicted octanol–water partition coefficient (Wildman–Crippen LogP) is 5.27. The summed E-state index contributed by atoms with van der Waals surface area (Å²) < 4.78 is 12.3. The zero-order valence-corrected chi connectivity index (χ0v) is 17.5. The van der Waals surface area contributed by atoms with E-state index in [4.69, 9.17) is 9.47 Å². The summed E-state index contributed by atoms with van der Waals surface area (Å²) in [6.45, 7) is 10.1. The number of hydrogen-bond acceptors (Lipinski definition) is 3. The van der Waals surface area contributed by atoms with Crippen molar-refractivity contribution in [2.45, 2.75) is 71.6 Å². The third-order valence-corrected chi connectivity index (χ3v) is 5.82. The first kappa shape index (κ1) is 20.2. The van der Waals surface area contributed by atoms with E-state index in [0.29, 0.717) is 0 Å². The molecule has 0 aromatic heterocycles. The molecule has 4 nitrogen and oxygen atoms in total. The number of benzene rings is 2. The smallest absolute Gasteiger partial charge is 0.261 e. The van der Waals surface area contributed by atoms with Gasteiger partial charge in [-0.25, -0.2) is 0 Å². The second-order valence-electron chi connectivity index (χ2n) is 7.82. The molecule has 0 saturated carbocycles. The van der Waals surface area contributed by atoms with E-state index in [2.05, 4.69) is 19.2 Å². The van der Waals surface area contributed by atoms with Gasteiger partial charge in [-0.1, -0.05) is 44.2 Å². The van der Waals surface area contributed by atoms with E-state index in [0.717, 1.165) is 47.5 Å². The highest BCUT2D eigenvalue weighted by molar-refractivity contribution is 5.81. The van der Waals surface area contributed by atoms with Crippen LogP contribution in [0.2, 0.25) is 0 Å². The van der Waals surface area contributed by atoms with Crippen LogP contribution in [0.1, 0.15) is 62.8 Å². The Morgan fingerprint density at radius 2 is 1.93 bits per heavy atom. The molecule has 4 heteroatoms. The maximum atomic E-state index is 12.9. The number of amides is 1. The van der Waals surface area contributed by atoms with Gasteiger partial charge >= 0.3 is 0 Å². The summed E-state index contributed by atoms with van der Waals surface area (Å²) in [5, 5.41) is 3.21. The van der Waals surface area contributed by atoms with Crippen LogP contribution >= 0.6 is 0 Å². The van der Waals surface area contributed by atoms with Crippen LogP contribution in [0, 0.1) is 13.8 Å². The Labute approximate surface area is 168 Å². The lowest BCUT2D eigenvalue weighted by molar-refractivity contribution is -0.128. The number of carbonyl (C=O) groups excluding carboxylic acids is 1. The van der Waals surface area contributed by atoms with Crippen molar-refractivity contribution in [1.29, 1.82) is 0 Å². The zero-order chi connectivity index (χ0) is 20.3. The van der Waals surface area contributed by atoms with Crippen molar-refractivity contribution in [1.82, 2.24) is 5.32 Å². The summed E-state index contributed by atoms with van der Waals surface area (Å²) in [6.07, 6.45) is 1.99. The molecule has 0 bridgehead atoms. The molecular formula is C24H31NO3. The summed E-state index contributed by atoms with van der Waals surface area (Å²) >= 11 is 0. The Kier molecular flexibility index (Phi) is 5.97. The van der Waals surface area contributed by atoms with E-state index in [1.165, 1.54) is 0 Å². The van der Waals surface area contributed by atoms with Crippen molar-refractivity contribution in [2.75, 3.05) is 0 Å². The highest BCUT2D eigenvalue weighted by Crippen LogP contribution is 2.42. The average Bonchev–Trinajstić information content (AvgIpc) is 2.70. The molecule has 2 atom stereocenters. The number of carbonyl (C=O) groups is 1. The van der Waals surface area contributed by atoms with Gasteiger partial charge in [-0.15, -0.1) is 0 Å². The molecule has 28 heavy (non-hydrogen) atoms. The molecule has 1 N–H and O–H groups in total. The molecule has 0 fully saturated rings. The van der Waals surface area contributed by atoms with E-state index in [9.17, 15) is 4.79 Å². The molecule has 1 aliphatic heterocycles. The number of rotatable bonds is 6. The Hall–Kier alpha value is -2.49. The van der Waals surface area contributed by atoms with Crippen molar-refractivity contribution < 1.29 is 14.3 Å². The first-order valence-corrected chi connectivity index (χ1v) is 10.2. The number of ether oxygens (including phenoxy) is 2. The molecule has 0 unspecified atom stereocenters. The normalized spacial score (nSPS) is 18.5. The van der Waals surface area contributed by atoms with Gasteiger partial charge in [0, 0.05) is 12.0 Å². The van der Waals surface area contributed by atoms with Gasteiger partial charge in [0.2, 0.25) is 0 Å². The van der Waals surface area contributed by atoms with Crippen LogP contribution < -0.4 is 14.8 Å². The second-order valence-corrected chi connectivity index (χ2v) is 7.82. The fourth-order valence-electron chi connectivity index (χ4n) is 3.80. The predicted molar refractivity (Wildman–Crippen MR) is 112 cm³/mol. The minimum atomic E-state index is -0.576.